The Bertz CT molecular complexity index is 76.0. The number of hydrogen-bond acceptors (Lipinski definition) is 3. The van der Waals surface area contributed by atoms with Gasteiger partial charge in [0.05, 0.1) is 12.2 Å². The molecule has 0 aromatic carbocycles. The molecule has 0 saturated heterocycles. The zero-order chi connectivity index (χ0) is 7.98. The fourth-order valence-electron chi connectivity index (χ4n) is 0.579. The first-order valence-electron chi connectivity index (χ1n) is 3.58. The van der Waals surface area contributed by atoms with Gasteiger partial charge in [0, 0.05) is 20.2 Å². The largest absolute Gasteiger partial charge is 0.392 e. The van der Waals surface area contributed by atoms with E-state index >= 15 is 0 Å². The summed E-state index contributed by atoms with van der Waals surface area (Å²) in [5, 5.41) is 11.9. The van der Waals surface area contributed by atoms with Gasteiger partial charge in [0.1, 0.15) is 0 Å². The quantitative estimate of drug-likeness (QED) is 0.575. The fraction of sp³-hybridized carbons (Fsp3) is 1.00. The van der Waals surface area contributed by atoms with Crippen LogP contribution in [0.15, 0.2) is 0 Å². The van der Waals surface area contributed by atoms with Gasteiger partial charge in [-0.3, -0.25) is 0 Å². The summed E-state index contributed by atoms with van der Waals surface area (Å²) in [5.41, 5.74) is 0. The van der Waals surface area contributed by atoms with Crippen LogP contribution in [0.25, 0.3) is 0 Å². The third-order valence-electron chi connectivity index (χ3n) is 1.27. The topological polar surface area (TPSA) is 41.5 Å². The average Bonchev–Trinajstić information content (AvgIpc) is 1.87. The molecule has 3 nitrogen and oxygen atoms in total. The lowest BCUT2D eigenvalue weighted by Crippen LogP contribution is -2.31. The molecule has 0 saturated carbocycles. The van der Waals surface area contributed by atoms with E-state index in [9.17, 15) is 0 Å². The van der Waals surface area contributed by atoms with Crippen molar-refractivity contribution in [1.82, 2.24) is 5.32 Å². The Hall–Kier alpha value is -0.120. The normalized spacial score (nSPS) is 16.8. The molecular weight excluding hydrogens is 130 g/mol. The molecule has 0 aliphatic rings. The van der Waals surface area contributed by atoms with Crippen LogP contribution < -0.4 is 5.32 Å². The Morgan fingerprint density at radius 2 is 2.00 bits per heavy atom. The predicted octanol–water partition coefficient (Wildman–Crippen LogP) is -0.00830. The standard InChI is InChI=1S/C7H17NO2/c1-6(9)4-8-5-7(2)10-3/h6-9H,4-5H2,1-3H3/t6-,7?/m0/s1. The molecule has 1 unspecified atom stereocenters. The van der Waals surface area contributed by atoms with E-state index in [1.54, 1.807) is 14.0 Å². The lowest BCUT2D eigenvalue weighted by Gasteiger charge is -2.11. The van der Waals surface area contributed by atoms with Crippen molar-refractivity contribution in [2.24, 2.45) is 0 Å². The van der Waals surface area contributed by atoms with Crippen molar-refractivity contribution < 1.29 is 9.84 Å². The summed E-state index contributed by atoms with van der Waals surface area (Å²) in [6.07, 6.45) is -0.0530. The number of aliphatic hydroxyl groups excluding tert-OH is 1. The molecule has 0 rings (SSSR count). The summed E-state index contributed by atoms with van der Waals surface area (Å²) in [5.74, 6) is 0. The number of rotatable bonds is 5. The third kappa shape index (κ3) is 6.01. The maximum absolute atomic E-state index is 8.83. The molecule has 2 N–H and O–H groups in total. The van der Waals surface area contributed by atoms with Crippen molar-refractivity contribution in [3.8, 4) is 0 Å². The van der Waals surface area contributed by atoms with Gasteiger partial charge in [-0.05, 0) is 13.8 Å². The van der Waals surface area contributed by atoms with Crippen LogP contribution in [0.3, 0.4) is 0 Å². The summed E-state index contributed by atoms with van der Waals surface area (Å²) < 4.78 is 4.99. The van der Waals surface area contributed by atoms with E-state index in [1.807, 2.05) is 6.92 Å². The maximum Gasteiger partial charge on any atom is 0.0667 e. The summed E-state index contributed by atoms with van der Waals surface area (Å²) >= 11 is 0. The van der Waals surface area contributed by atoms with Crippen molar-refractivity contribution in [3.63, 3.8) is 0 Å². The lowest BCUT2D eigenvalue weighted by atomic mass is 10.3. The minimum atomic E-state index is -0.274. The zero-order valence-electron chi connectivity index (χ0n) is 6.92. The molecule has 0 aromatic heterocycles. The molecule has 2 atom stereocenters. The highest BCUT2D eigenvalue weighted by molar-refractivity contribution is 4.56. The number of nitrogens with one attached hydrogen (secondary N) is 1. The maximum atomic E-state index is 8.83. The number of aliphatic hydroxyl groups is 1. The second kappa shape index (κ2) is 5.65. The van der Waals surface area contributed by atoms with Crippen molar-refractivity contribution in [2.45, 2.75) is 26.1 Å². The van der Waals surface area contributed by atoms with E-state index in [2.05, 4.69) is 5.32 Å². The van der Waals surface area contributed by atoms with Gasteiger partial charge in [-0.1, -0.05) is 0 Å². The van der Waals surface area contributed by atoms with Gasteiger partial charge in [0.25, 0.3) is 0 Å². The van der Waals surface area contributed by atoms with Crippen LogP contribution in [0.4, 0.5) is 0 Å². The monoisotopic (exact) mass is 147 g/mol. The van der Waals surface area contributed by atoms with Gasteiger partial charge in [0.15, 0.2) is 0 Å². The molecule has 0 aliphatic heterocycles. The van der Waals surface area contributed by atoms with Gasteiger partial charge < -0.3 is 15.2 Å². The minimum absolute atomic E-state index is 0.221. The van der Waals surface area contributed by atoms with Crippen molar-refractivity contribution in [2.75, 3.05) is 20.2 Å². The first-order chi connectivity index (χ1) is 4.66. The minimum Gasteiger partial charge on any atom is -0.392 e. The molecule has 0 amide bonds. The van der Waals surface area contributed by atoms with E-state index in [1.165, 1.54) is 0 Å². The highest BCUT2D eigenvalue weighted by atomic mass is 16.5. The molecule has 0 aliphatic carbocycles. The zero-order valence-corrected chi connectivity index (χ0v) is 6.92. The van der Waals surface area contributed by atoms with Crippen LogP contribution in [0.2, 0.25) is 0 Å². The molecule has 0 spiro atoms. The smallest absolute Gasteiger partial charge is 0.0667 e. The SMILES string of the molecule is COC(C)CNC[C@H](C)O. The Kier molecular flexibility index (Phi) is 5.58. The summed E-state index contributed by atoms with van der Waals surface area (Å²) in [7, 11) is 1.68. The fourth-order valence-corrected chi connectivity index (χ4v) is 0.579. The molecule has 0 fully saturated rings. The number of hydrogen-bond donors (Lipinski definition) is 2. The van der Waals surface area contributed by atoms with E-state index in [4.69, 9.17) is 9.84 Å². The van der Waals surface area contributed by atoms with Gasteiger partial charge in [-0.25, -0.2) is 0 Å². The van der Waals surface area contributed by atoms with E-state index in [0.29, 0.717) is 6.54 Å². The number of methoxy groups -OCH3 is 1. The van der Waals surface area contributed by atoms with Gasteiger partial charge in [-0.2, -0.15) is 0 Å². The Morgan fingerprint density at radius 1 is 1.40 bits per heavy atom. The van der Waals surface area contributed by atoms with Gasteiger partial charge in [-0.15, -0.1) is 0 Å². The van der Waals surface area contributed by atoms with Crippen molar-refractivity contribution in [1.29, 1.82) is 0 Å². The van der Waals surface area contributed by atoms with Crippen molar-refractivity contribution in [3.05, 3.63) is 0 Å². The molecule has 62 valence electrons. The third-order valence-corrected chi connectivity index (χ3v) is 1.27. The van der Waals surface area contributed by atoms with Crippen molar-refractivity contribution >= 4 is 0 Å². The molecule has 0 bridgehead atoms. The Morgan fingerprint density at radius 3 is 2.40 bits per heavy atom. The summed E-state index contributed by atoms with van der Waals surface area (Å²) in [4.78, 5) is 0. The van der Waals surface area contributed by atoms with Crippen LogP contribution >= 0.6 is 0 Å². The van der Waals surface area contributed by atoms with Gasteiger partial charge in [0.2, 0.25) is 0 Å². The van der Waals surface area contributed by atoms with E-state index < -0.39 is 0 Å². The molecular formula is C7H17NO2. The van der Waals surface area contributed by atoms with Gasteiger partial charge >= 0.3 is 0 Å². The average molecular weight is 147 g/mol. The first kappa shape index (κ1) is 9.88. The molecule has 0 aromatic rings. The second-order valence-electron chi connectivity index (χ2n) is 2.55. The lowest BCUT2D eigenvalue weighted by molar-refractivity contribution is 0.111. The van der Waals surface area contributed by atoms with E-state index in [0.717, 1.165) is 6.54 Å². The molecule has 3 heteroatoms. The predicted molar refractivity (Wildman–Crippen MR) is 41.0 cm³/mol. The molecule has 0 radical (unpaired) electrons. The summed E-state index contributed by atoms with van der Waals surface area (Å²) in [6.45, 7) is 5.16. The first-order valence-corrected chi connectivity index (χ1v) is 3.58. The van der Waals surface area contributed by atoms with Crippen LogP contribution in [0, 0.1) is 0 Å². The highest BCUT2D eigenvalue weighted by Crippen LogP contribution is 1.83. The molecule has 0 heterocycles. The Balaban J connectivity index is 3.03. The molecule has 10 heavy (non-hydrogen) atoms. The second-order valence-corrected chi connectivity index (χ2v) is 2.55. The van der Waals surface area contributed by atoms with E-state index in [-0.39, 0.29) is 12.2 Å². The summed E-state index contributed by atoms with van der Waals surface area (Å²) in [6, 6.07) is 0. The van der Waals surface area contributed by atoms with Crippen LogP contribution in [0.5, 0.6) is 0 Å². The van der Waals surface area contributed by atoms with Crippen LogP contribution in [-0.2, 0) is 4.74 Å². The number of ether oxygens (including phenoxy) is 1. The van der Waals surface area contributed by atoms with Crippen LogP contribution in [-0.4, -0.2) is 37.5 Å². The highest BCUT2D eigenvalue weighted by Gasteiger charge is 1.98. The Labute approximate surface area is 62.4 Å². The van der Waals surface area contributed by atoms with Crippen LogP contribution in [0.1, 0.15) is 13.8 Å².